The number of methoxy groups -OCH3 is 1. The lowest BCUT2D eigenvalue weighted by Gasteiger charge is -2.46. The van der Waals surface area contributed by atoms with Crippen molar-refractivity contribution < 1.29 is 9.47 Å². The molecule has 0 N–H and O–H groups in total. The molecule has 2 aliphatic rings. The molecule has 7 heteroatoms. The zero-order valence-corrected chi connectivity index (χ0v) is 16.4. The SMILES string of the molecule is CCc1cc(N2CCC3(CC2)OCCc2cccc(OC)c23)c2nncn2n1. The highest BCUT2D eigenvalue weighted by atomic mass is 16.5. The molecule has 1 saturated heterocycles. The Kier molecular flexibility index (Phi) is 4.19. The lowest BCUT2D eigenvalue weighted by atomic mass is 9.78. The molecule has 1 aromatic carbocycles. The average molecular weight is 379 g/mol. The van der Waals surface area contributed by atoms with Gasteiger partial charge in [0.1, 0.15) is 17.7 Å². The summed E-state index contributed by atoms with van der Waals surface area (Å²) in [5.74, 6) is 0.947. The van der Waals surface area contributed by atoms with Gasteiger partial charge >= 0.3 is 0 Å². The van der Waals surface area contributed by atoms with Crippen LogP contribution in [0.4, 0.5) is 5.69 Å². The van der Waals surface area contributed by atoms with Crippen molar-refractivity contribution in [3.05, 3.63) is 47.4 Å². The summed E-state index contributed by atoms with van der Waals surface area (Å²) in [7, 11) is 1.75. The van der Waals surface area contributed by atoms with E-state index in [4.69, 9.17) is 9.47 Å². The summed E-state index contributed by atoms with van der Waals surface area (Å²) >= 11 is 0. The topological polar surface area (TPSA) is 64.8 Å². The number of fused-ring (bicyclic) bond motifs is 3. The number of aromatic nitrogens is 4. The number of nitrogens with zero attached hydrogens (tertiary/aromatic N) is 5. The number of aryl methyl sites for hydroxylation is 1. The Balaban J connectivity index is 1.48. The monoisotopic (exact) mass is 379 g/mol. The number of hydrogen-bond acceptors (Lipinski definition) is 6. The van der Waals surface area contributed by atoms with Gasteiger partial charge in [0.25, 0.3) is 0 Å². The average Bonchev–Trinajstić information content (AvgIpc) is 3.22. The first-order valence-electron chi connectivity index (χ1n) is 9.99. The maximum absolute atomic E-state index is 6.42. The Morgan fingerprint density at radius 3 is 2.89 bits per heavy atom. The van der Waals surface area contributed by atoms with Crippen molar-refractivity contribution in [1.29, 1.82) is 0 Å². The maximum atomic E-state index is 6.42. The van der Waals surface area contributed by atoms with Crippen LogP contribution in [-0.2, 0) is 23.2 Å². The largest absolute Gasteiger partial charge is 0.496 e. The molecule has 1 fully saturated rings. The second-order valence-corrected chi connectivity index (χ2v) is 7.55. The van der Waals surface area contributed by atoms with Gasteiger partial charge in [-0.1, -0.05) is 19.1 Å². The maximum Gasteiger partial charge on any atom is 0.200 e. The second kappa shape index (κ2) is 6.74. The van der Waals surface area contributed by atoms with Crippen LogP contribution in [0.1, 0.15) is 36.6 Å². The number of rotatable bonds is 3. The summed E-state index contributed by atoms with van der Waals surface area (Å²) in [4.78, 5) is 2.39. The van der Waals surface area contributed by atoms with Crippen molar-refractivity contribution >= 4 is 11.3 Å². The molecule has 4 heterocycles. The molecule has 2 aliphatic heterocycles. The third-order valence-electron chi connectivity index (χ3n) is 6.11. The van der Waals surface area contributed by atoms with E-state index >= 15 is 0 Å². The molecular formula is C21H25N5O2. The molecular weight excluding hydrogens is 354 g/mol. The molecule has 0 radical (unpaired) electrons. The minimum absolute atomic E-state index is 0.263. The van der Waals surface area contributed by atoms with E-state index in [0.717, 1.165) is 68.2 Å². The minimum atomic E-state index is -0.263. The zero-order chi connectivity index (χ0) is 19.1. The van der Waals surface area contributed by atoms with Gasteiger partial charge in [0.05, 0.1) is 25.1 Å². The van der Waals surface area contributed by atoms with Gasteiger partial charge in [-0.05, 0) is 43.4 Å². The number of anilines is 1. The molecule has 0 amide bonds. The van der Waals surface area contributed by atoms with Gasteiger partial charge < -0.3 is 14.4 Å². The van der Waals surface area contributed by atoms with Gasteiger partial charge in [-0.2, -0.15) is 9.61 Å². The fourth-order valence-corrected chi connectivity index (χ4v) is 4.67. The van der Waals surface area contributed by atoms with E-state index < -0.39 is 0 Å². The molecule has 0 unspecified atom stereocenters. The van der Waals surface area contributed by atoms with Crippen LogP contribution in [0.25, 0.3) is 5.65 Å². The molecule has 146 valence electrons. The Morgan fingerprint density at radius 1 is 1.25 bits per heavy atom. The van der Waals surface area contributed by atoms with E-state index in [9.17, 15) is 0 Å². The quantitative estimate of drug-likeness (QED) is 0.697. The van der Waals surface area contributed by atoms with Crippen LogP contribution in [-0.4, -0.2) is 46.6 Å². The van der Waals surface area contributed by atoms with Crippen LogP contribution < -0.4 is 9.64 Å². The van der Waals surface area contributed by atoms with Gasteiger partial charge in [-0.3, -0.25) is 0 Å². The fourth-order valence-electron chi connectivity index (χ4n) is 4.67. The van der Waals surface area contributed by atoms with E-state index in [1.54, 1.807) is 18.0 Å². The Labute approximate surface area is 164 Å². The first-order valence-corrected chi connectivity index (χ1v) is 9.99. The van der Waals surface area contributed by atoms with Gasteiger partial charge in [-0.25, -0.2) is 0 Å². The standard InChI is InChI=1S/C21H25N5O2/c1-3-16-13-17(20-23-22-14-26(20)24-16)25-10-8-21(9-11-25)19-15(7-12-28-21)5-4-6-18(19)27-2/h4-6,13-14H,3,7-12H2,1-2H3. The number of piperidine rings is 1. The summed E-state index contributed by atoms with van der Waals surface area (Å²) in [6.45, 7) is 4.68. The smallest absolute Gasteiger partial charge is 0.200 e. The van der Waals surface area contributed by atoms with E-state index in [0.29, 0.717) is 0 Å². The van der Waals surface area contributed by atoms with Crippen molar-refractivity contribution in [3.8, 4) is 5.75 Å². The van der Waals surface area contributed by atoms with Crippen molar-refractivity contribution in [2.24, 2.45) is 0 Å². The van der Waals surface area contributed by atoms with Gasteiger partial charge in [0.2, 0.25) is 5.65 Å². The predicted molar refractivity (Wildman–Crippen MR) is 106 cm³/mol. The predicted octanol–water partition coefficient (Wildman–Crippen LogP) is 2.76. The number of benzene rings is 1. The molecule has 1 spiro atoms. The van der Waals surface area contributed by atoms with Crippen LogP contribution in [0.15, 0.2) is 30.6 Å². The van der Waals surface area contributed by atoms with Crippen molar-refractivity contribution in [1.82, 2.24) is 19.8 Å². The molecule has 0 aliphatic carbocycles. The second-order valence-electron chi connectivity index (χ2n) is 7.55. The Hall–Kier alpha value is -2.67. The van der Waals surface area contributed by atoms with Crippen molar-refractivity contribution in [3.63, 3.8) is 0 Å². The van der Waals surface area contributed by atoms with Crippen molar-refractivity contribution in [2.45, 2.75) is 38.2 Å². The highest BCUT2D eigenvalue weighted by Crippen LogP contribution is 2.46. The summed E-state index contributed by atoms with van der Waals surface area (Å²) in [6.07, 6.45) is 5.35. The molecule has 7 nitrogen and oxygen atoms in total. The molecule has 0 atom stereocenters. The Morgan fingerprint density at radius 2 is 2.11 bits per heavy atom. The number of hydrogen-bond donors (Lipinski definition) is 0. The molecule has 3 aromatic rings. The summed E-state index contributed by atoms with van der Waals surface area (Å²) in [5, 5.41) is 12.9. The molecule has 28 heavy (non-hydrogen) atoms. The normalized spacial score (nSPS) is 18.4. The van der Waals surface area contributed by atoms with Crippen LogP contribution in [0.2, 0.25) is 0 Å². The fraction of sp³-hybridized carbons (Fsp3) is 0.476. The van der Waals surface area contributed by atoms with E-state index in [1.807, 2.05) is 0 Å². The summed E-state index contributed by atoms with van der Waals surface area (Å²) < 4.78 is 13.9. The lowest BCUT2D eigenvalue weighted by molar-refractivity contribution is -0.0779. The van der Waals surface area contributed by atoms with Gasteiger partial charge in [0, 0.05) is 18.7 Å². The molecule has 0 bridgehead atoms. The first kappa shape index (κ1) is 17.4. The van der Waals surface area contributed by atoms with E-state index in [2.05, 4.69) is 51.4 Å². The molecule has 2 aromatic heterocycles. The number of ether oxygens (including phenoxy) is 2. The van der Waals surface area contributed by atoms with Crippen LogP contribution in [0.3, 0.4) is 0 Å². The molecule has 0 saturated carbocycles. The third-order valence-corrected chi connectivity index (χ3v) is 6.11. The lowest BCUT2D eigenvalue weighted by Crippen LogP contribution is -2.47. The van der Waals surface area contributed by atoms with E-state index in [1.165, 1.54) is 11.1 Å². The van der Waals surface area contributed by atoms with Crippen LogP contribution >= 0.6 is 0 Å². The highest BCUT2D eigenvalue weighted by molar-refractivity contribution is 5.68. The summed E-state index contributed by atoms with van der Waals surface area (Å²) in [5.41, 5.74) is 5.31. The van der Waals surface area contributed by atoms with Crippen LogP contribution in [0.5, 0.6) is 5.75 Å². The van der Waals surface area contributed by atoms with Crippen LogP contribution in [0, 0.1) is 0 Å². The minimum Gasteiger partial charge on any atom is -0.496 e. The first-order chi connectivity index (χ1) is 13.7. The highest BCUT2D eigenvalue weighted by Gasteiger charge is 2.43. The van der Waals surface area contributed by atoms with Gasteiger partial charge in [-0.15, -0.1) is 10.2 Å². The third kappa shape index (κ3) is 2.64. The molecule has 5 rings (SSSR count). The van der Waals surface area contributed by atoms with Crippen molar-refractivity contribution in [2.75, 3.05) is 31.7 Å². The van der Waals surface area contributed by atoms with E-state index in [-0.39, 0.29) is 5.60 Å². The van der Waals surface area contributed by atoms with Gasteiger partial charge in [0.15, 0.2) is 0 Å². The summed E-state index contributed by atoms with van der Waals surface area (Å²) in [6, 6.07) is 8.50. The zero-order valence-electron chi connectivity index (χ0n) is 16.4. The Bertz CT molecular complexity index is 993.